The number of anilines is 1. The zero-order valence-electron chi connectivity index (χ0n) is 10.2. The third kappa shape index (κ3) is 2.14. The Morgan fingerprint density at radius 2 is 1.90 bits per heavy atom. The molecular weight excluding hydrogens is 424 g/mol. The monoisotopic (exact) mass is 428 g/mol. The number of benzene rings is 1. The highest BCUT2D eigenvalue weighted by Gasteiger charge is 2.42. The Morgan fingerprint density at radius 3 is 2.48 bits per heavy atom. The molecule has 0 saturated heterocycles. The number of amides is 3. The first kappa shape index (κ1) is 14.4. The number of nitrogens with zero attached hydrogens (tertiary/aromatic N) is 1. The Hall–Kier alpha value is -1.51. The lowest BCUT2D eigenvalue weighted by atomic mass is 10.1. The van der Waals surface area contributed by atoms with Gasteiger partial charge in [0.1, 0.15) is 0 Å². The first-order valence-corrected chi connectivity index (χ1v) is 8.08. The first-order valence-electron chi connectivity index (χ1n) is 5.68. The van der Waals surface area contributed by atoms with E-state index >= 15 is 0 Å². The summed E-state index contributed by atoms with van der Waals surface area (Å²) in [6, 6.07) is 6.14. The van der Waals surface area contributed by atoms with Crippen LogP contribution in [0.3, 0.4) is 0 Å². The molecule has 1 aliphatic rings. The second-order valence-corrected chi connectivity index (χ2v) is 7.48. The fraction of sp³-hybridized carbons (Fsp3) is 0. The van der Waals surface area contributed by atoms with E-state index in [1.165, 1.54) is 12.1 Å². The number of hydrogen-bond acceptors (Lipinski definition) is 5. The SMILES string of the molecule is Nc1cccc2c1C(=O)N(C(=O)c1cc(Br)c(Br)s1)C2=O. The van der Waals surface area contributed by atoms with Gasteiger partial charge in [-0.1, -0.05) is 6.07 Å². The molecule has 2 N–H and O–H groups in total. The molecule has 3 rings (SSSR count). The Kier molecular flexibility index (Phi) is 3.46. The van der Waals surface area contributed by atoms with Crippen LogP contribution in [0.4, 0.5) is 5.69 Å². The van der Waals surface area contributed by atoms with Crippen LogP contribution in [0, 0.1) is 0 Å². The third-order valence-corrected chi connectivity index (χ3v) is 6.25. The number of halogens is 2. The summed E-state index contributed by atoms with van der Waals surface area (Å²) in [5.41, 5.74) is 6.16. The maximum Gasteiger partial charge on any atom is 0.278 e. The van der Waals surface area contributed by atoms with E-state index in [1.807, 2.05) is 0 Å². The molecule has 0 radical (unpaired) electrons. The number of carbonyl (C=O) groups is 3. The van der Waals surface area contributed by atoms with Crippen molar-refractivity contribution in [3.05, 3.63) is 48.5 Å². The van der Waals surface area contributed by atoms with E-state index in [1.54, 1.807) is 12.1 Å². The molecule has 8 heteroatoms. The fourth-order valence-electron chi connectivity index (χ4n) is 2.06. The van der Waals surface area contributed by atoms with Crippen molar-refractivity contribution < 1.29 is 14.4 Å². The minimum Gasteiger partial charge on any atom is -0.398 e. The highest BCUT2D eigenvalue weighted by Crippen LogP contribution is 2.35. The first-order chi connectivity index (χ1) is 9.91. The number of hydrogen-bond donors (Lipinski definition) is 1. The molecule has 0 atom stereocenters. The number of fused-ring (bicyclic) bond motifs is 1. The smallest absolute Gasteiger partial charge is 0.278 e. The van der Waals surface area contributed by atoms with Gasteiger partial charge in [0.15, 0.2) is 0 Å². The number of nitrogen functional groups attached to an aromatic ring is 1. The lowest BCUT2D eigenvalue weighted by Gasteiger charge is -2.10. The van der Waals surface area contributed by atoms with Gasteiger partial charge >= 0.3 is 0 Å². The largest absolute Gasteiger partial charge is 0.398 e. The van der Waals surface area contributed by atoms with E-state index in [0.717, 1.165) is 11.3 Å². The second kappa shape index (κ2) is 5.04. The molecule has 0 spiro atoms. The van der Waals surface area contributed by atoms with Crippen LogP contribution in [0.1, 0.15) is 30.4 Å². The summed E-state index contributed by atoms with van der Waals surface area (Å²) in [6.45, 7) is 0. The summed E-state index contributed by atoms with van der Waals surface area (Å²) >= 11 is 7.68. The predicted molar refractivity (Wildman–Crippen MR) is 85.4 cm³/mol. The van der Waals surface area contributed by atoms with Crippen LogP contribution in [0.5, 0.6) is 0 Å². The molecule has 2 aromatic rings. The molecule has 5 nitrogen and oxygen atoms in total. The van der Waals surface area contributed by atoms with E-state index in [4.69, 9.17) is 5.73 Å². The summed E-state index contributed by atoms with van der Waals surface area (Å²) in [5.74, 6) is -1.98. The summed E-state index contributed by atoms with van der Waals surface area (Å²) < 4.78 is 1.40. The van der Waals surface area contributed by atoms with Crippen LogP contribution in [0.15, 0.2) is 32.5 Å². The molecule has 0 bridgehead atoms. The molecule has 0 aliphatic carbocycles. The Bertz CT molecular complexity index is 796. The van der Waals surface area contributed by atoms with Crippen LogP contribution in [-0.4, -0.2) is 22.6 Å². The van der Waals surface area contributed by atoms with Crippen LogP contribution in [-0.2, 0) is 0 Å². The van der Waals surface area contributed by atoms with Gasteiger partial charge in [0.05, 0.1) is 19.8 Å². The normalized spacial score (nSPS) is 13.7. The van der Waals surface area contributed by atoms with Crippen molar-refractivity contribution in [1.82, 2.24) is 4.90 Å². The van der Waals surface area contributed by atoms with Gasteiger partial charge in [-0.15, -0.1) is 11.3 Å². The van der Waals surface area contributed by atoms with E-state index < -0.39 is 17.7 Å². The number of thiophene rings is 1. The van der Waals surface area contributed by atoms with Gasteiger partial charge in [-0.2, -0.15) is 0 Å². The number of nitrogens with two attached hydrogens (primary N) is 1. The second-order valence-electron chi connectivity index (χ2n) is 4.25. The molecule has 0 unspecified atom stereocenters. The zero-order chi connectivity index (χ0) is 15.3. The van der Waals surface area contributed by atoms with E-state index in [2.05, 4.69) is 31.9 Å². The van der Waals surface area contributed by atoms with Gasteiger partial charge < -0.3 is 5.73 Å². The maximum absolute atomic E-state index is 12.4. The Morgan fingerprint density at radius 1 is 1.19 bits per heavy atom. The Balaban J connectivity index is 2.06. The van der Waals surface area contributed by atoms with Crippen molar-refractivity contribution in [2.45, 2.75) is 0 Å². The number of carbonyl (C=O) groups excluding carboxylic acids is 3. The van der Waals surface area contributed by atoms with E-state index in [-0.39, 0.29) is 21.7 Å². The average Bonchev–Trinajstić information content (AvgIpc) is 2.90. The zero-order valence-corrected chi connectivity index (χ0v) is 14.2. The quantitative estimate of drug-likeness (QED) is 0.557. The lowest BCUT2D eigenvalue weighted by Crippen LogP contribution is -2.35. The third-order valence-electron chi connectivity index (χ3n) is 3.01. The molecule has 1 aromatic carbocycles. The molecule has 0 fully saturated rings. The molecular formula is C13H6Br2N2O3S. The van der Waals surface area contributed by atoms with Crippen molar-refractivity contribution in [1.29, 1.82) is 0 Å². The van der Waals surface area contributed by atoms with Gasteiger partial charge in [-0.25, -0.2) is 4.90 Å². The summed E-state index contributed by atoms with van der Waals surface area (Å²) in [6.07, 6.45) is 0. The van der Waals surface area contributed by atoms with Crippen LogP contribution >= 0.6 is 43.2 Å². The van der Waals surface area contributed by atoms with Gasteiger partial charge in [0.25, 0.3) is 17.7 Å². The van der Waals surface area contributed by atoms with Gasteiger partial charge in [0, 0.05) is 10.2 Å². The maximum atomic E-state index is 12.4. The van der Waals surface area contributed by atoms with Crippen molar-refractivity contribution >= 4 is 66.6 Å². The van der Waals surface area contributed by atoms with Crippen molar-refractivity contribution in [3.63, 3.8) is 0 Å². The van der Waals surface area contributed by atoms with E-state index in [9.17, 15) is 14.4 Å². The molecule has 1 aliphatic heterocycles. The van der Waals surface area contributed by atoms with Gasteiger partial charge in [0.2, 0.25) is 0 Å². The van der Waals surface area contributed by atoms with Crippen molar-refractivity contribution in [3.8, 4) is 0 Å². The topological polar surface area (TPSA) is 80.5 Å². The highest BCUT2D eigenvalue weighted by atomic mass is 79.9. The van der Waals surface area contributed by atoms with Crippen LogP contribution in [0.2, 0.25) is 0 Å². The van der Waals surface area contributed by atoms with Crippen molar-refractivity contribution in [2.24, 2.45) is 0 Å². The average molecular weight is 430 g/mol. The molecule has 3 amide bonds. The minimum absolute atomic E-state index is 0.0885. The van der Waals surface area contributed by atoms with Gasteiger partial charge in [-0.05, 0) is 50.1 Å². The van der Waals surface area contributed by atoms with Crippen molar-refractivity contribution in [2.75, 3.05) is 5.73 Å². The molecule has 106 valence electrons. The molecule has 2 heterocycles. The number of rotatable bonds is 1. The van der Waals surface area contributed by atoms with Crippen LogP contribution in [0.25, 0.3) is 0 Å². The minimum atomic E-state index is -0.682. The van der Waals surface area contributed by atoms with Crippen LogP contribution < -0.4 is 5.73 Å². The molecule has 21 heavy (non-hydrogen) atoms. The Labute approximate surface area is 140 Å². The highest BCUT2D eigenvalue weighted by molar-refractivity contribution is 9.13. The molecule has 1 aromatic heterocycles. The lowest BCUT2D eigenvalue weighted by molar-refractivity contribution is 0.0569. The molecule has 0 saturated carbocycles. The summed E-state index contributed by atoms with van der Waals surface area (Å²) in [5, 5.41) is 0. The number of imide groups is 3. The summed E-state index contributed by atoms with van der Waals surface area (Å²) in [7, 11) is 0. The van der Waals surface area contributed by atoms with Gasteiger partial charge in [-0.3, -0.25) is 14.4 Å². The summed E-state index contributed by atoms with van der Waals surface area (Å²) in [4.78, 5) is 37.9. The fourth-order valence-corrected chi connectivity index (χ4v) is 4.02. The standard InChI is InChI=1S/C13H6Br2N2O3S/c14-6-4-8(21-10(6)15)12(19)17-11(18)5-2-1-3-7(16)9(5)13(17)20/h1-4H,16H2. The van der Waals surface area contributed by atoms with E-state index in [0.29, 0.717) is 13.2 Å². The predicted octanol–water partition coefficient (Wildman–Crippen LogP) is 3.29.